The van der Waals surface area contributed by atoms with Crippen LogP contribution in [-0.2, 0) is 4.79 Å². The number of carbonyl (C=O) groups excluding carboxylic acids is 1. The van der Waals surface area contributed by atoms with Crippen molar-refractivity contribution < 1.29 is 19.0 Å². The quantitative estimate of drug-likeness (QED) is 0.809. The van der Waals surface area contributed by atoms with E-state index in [1.165, 1.54) is 18.2 Å². The van der Waals surface area contributed by atoms with Gasteiger partial charge in [0.2, 0.25) is 0 Å². The van der Waals surface area contributed by atoms with E-state index in [1.54, 1.807) is 13.0 Å². The maximum absolute atomic E-state index is 12.9. The van der Waals surface area contributed by atoms with Gasteiger partial charge in [0, 0.05) is 6.07 Å². The van der Waals surface area contributed by atoms with E-state index in [9.17, 15) is 9.18 Å². The standard InChI is InChI=1S/C13H18FNO3/c1-3-11(8-16)15-13(17)9(2)18-12-6-4-5-10(14)7-12/h4-7,9,11,16H,3,8H2,1-2H3,(H,15,17). The molecule has 0 saturated carbocycles. The molecule has 0 fully saturated rings. The van der Waals surface area contributed by atoms with Crippen LogP contribution < -0.4 is 10.1 Å². The maximum Gasteiger partial charge on any atom is 0.261 e. The molecule has 0 aliphatic rings. The summed E-state index contributed by atoms with van der Waals surface area (Å²) in [5, 5.41) is 11.6. The Hall–Kier alpha value is -1.62. The zero-order valence-electron chi connectivity index (χ0n) is 10.5. The highest BCUT2D eigenvalue weighted by Crippen LogP contribution is 2.13. The summed E-state index contributed by atoms with van der Waals surface area (Å²) >= 11 is 0. The van der Waals surface area contributed by atoms with E-state index in [1.807, 2.05) is 6.92 Å². The predicted octanol–water partition coefficient (Wildman–Crippen LogP) is 1.48. The Morgan fingerprint density at radius 3 is 2.83 bits per heavy atom. The van der Waals surface area contributed by atoms with Gasteiger partial charge in [-0.1, -0.05) is 13.0 Å². The lowest BCUT2D eigenvalue weighted by Crippen LogP contribution is -2.43. The highest BCUT2D eigenvalue weighted by Gasteiger charge is 2.17. The lowest BCUT2D eigenvalue weighted by Gasteiger charge is -2.19. The molecule has 0 aromatic heterocycles. The smallest absolute Gasteiger partial charge is 0.261 e. The van der Waals surface area contributed by atoms with Crippen molar-refractivity contribution in [1.82, 2.24) is 5.32 Å². The Balaban J connectivity index is 2.54. The van der Waals surface area contributed by atoms with Crippen LogP contribution in [0.1, 0.15) is 20.3 Å². The first kappa shape index (κ1) is 14.4. The second-order valence-electron chi connectivity index (χ2n) is 4.01. The second-order valence-corrected chi connectivity index (χ2v) is 4.01. The van der Waals surface area contributed by atoms with E-state index in [2.05, 4.69) is 5.32 Å². The third-order valence-electron chi connectivity index (χ3n) is 2.54. The van der Waals surface area contributed by atoms with Crippen LogP contribution in [0.15, 0.2) is 24.3 Å². The van der Waals surface area contributed by atoms with Gasteiger partial charge in [-0.05, 0) is 25.5 Å². The summed E-state index contributed by atoms with van der Waals surface area (Å²) in [5.41, 5.74) is 0. The fourth-order valence-corrected chi connectivity index (χ4v) is 1.39. The van der Waals surface area contributed by atoms with Gasteiger partial charge in [0.25, 0.3) is 5.91 Å². The fraction of sp³-hybridized carbons (Fsp3) is 0.462. The average Bonchev–Trinajstić information content (AvgIpc) is 2.35. The van der Waals surface area contributed by atoms with Gasteiger partial charge in [-0.3, -0.25) is 4.79 Å². The van der Waals surface area contributed by atoms with E-state index in [-0.39, 0.29) is 18.6 Å². The van der Waals surface area contributed by atoms with Crippen LogP contribution in [-0.4, -0.2) is 29.8 Å². The second kappa shape index (κ2) is 6.96. The van der Waals surface area contributed by atoms with Gasteiger partial charge in [-0.2, -0.15) is 0 Å². The molecule has 100 valence electrons. The van der Waals surface area contributed by atoms with Crippen molar-refractivity contribution in [3.05, 3.63) is 30.1 Å². The van der Waals surface area contributed by atoms with E-state index >= 15 is 0 Å². The number of aliphatic hydroxyl groups excluding tert-OH is 1. The molecule has 0 bridgehead atoms. The molecule has 2 N–H and O–H groups in total. The lowest BCUT2D eigenvalue weighted by atomic mass is 10.2. The number of hydrogen-bond acceptors (Lipinski definition) is 3. The van der Waals surface area contributed by atoms with Crippen LogP contribution >= 0.6 is 0 Å². The zero-order chi connectivity index (χ0) is 13.5. The Morgan fingerprint density at radius 2 is 2.28 bits per heavy atom. The topological polar surface area (TPSA) is 58.6 Å². The minimum Gasteiger partial charge on any atom is -0.481 e. The van der Waals surface area contributed by atoms with Crippen molar-refractivity contribution in [3.8, 4) is 5.75 Å². The number of aliphatic hydroxyl groups is 1. The number of carbonyl (C=O) groups is 1. The Morgan fingerprint density at radius 1 is 1.56 bits per heavy atom. The largest absolute Gasteiger partial charge is 0.481 e. The van der Waals surface area contributed by atoms with Gasteiger partial charge < -0.3 is 15.2 Å². The molecule has 0 aliphatic heterocycles. The number of halogens is 1. The van der Waals surface area contributed by atoms with E-state index in [4.69, 9.17) is 9.84 Å². The molecule has 0 radical (unpaired) electrons. The van der Waals surface area contributed by atoms with Crippen LogP contribution in [0.3, 0.4) is 0 Å². The minimum absolute atomic E-state index is 0.116. The van der Waals surface area contributed by atoms with Crippen molar-refractivity contribution in [2.24, 2.45) is 0 Å². The number of benzene rings is 1. The summed E-state index contributed by atoms with van der Waals surface area (Å²) in [4.78, 5) is 11.7. The molecule has 5 heteroatoms. The molecule has 0 heterocycles. The summed E-state index contributed by atoms with van der Waals surface area (Å²) in [6.07, 6.45) is -0.109. The Bertz CT molecular complexity index is 394. The van der Waals surface area contributed by atoms with Crippen LogP contribution in [0.4, 0.5) is 4.39 Å². The molecule has 1 aromatic rings. The van der Waals surface area contributed by atoms with E-state index in [0.29, 0.717) is 12.2 Å². The zero-order valence-corrected chi connectivity index (χ0v) is 10.5. The first-order valence-corrected chi connectivity index (χ1v) is 5.90. The van der Waals surface area contributed by atoms with Crippen molar-refractivity contribution in [1.29, 1.82) is 0 Å². The molecule has 0 spiro atoms. The molecule has 1 aromatic carbocycles. The third kappa shape index (κ3) is 4.33. The van der Waals surface area contributed by atoms with Crippen LogP contribution in [0, 0.1) is 5.82 Å². The number of amides is 1. The van der Waals surface area contributed by atoms with Gasteiger partial charge >= 0.3 is 0 Å². The van der Waals surface area contributed by atoms with Crippen molar-refractivity contribution >= 4 is 5.91 Å². The summed E-state index contributed by atoms with van der Waals surface area (Å²) in [6.45, 7) is 3.32. The summed E-state index contributed by atoms with van der Waals surface area (Å²) in [7, 11) is 0. The first-order chi connectivity index (χ1) is 8.56. The molecule has 4 nitrogen and oxygen atoms in total. The number of rotatable bonds is 6. The highest BCUT2D eigenvalue weighted by atomic mass is 19.1. The summed E-state index contributed by atoms with van der Waals surface area (Å²) in [6, 6.07) is 5.33. The fourth-order valence-electron chi connectivity index (χ4n) is 1.39. The molecule has 0 saturated heterocycles. The molecular formula is C13H18FNO3. The molecule has 1 amide bonds. The summed E-state index contributed by atoms with van der Waals surface area (Å²) < 4.78 is 18.2. The van der Waals surface area contributed by atoms with Crippen molar-refractivity contribution in [3.63, 3.8) is 0 Å². The molecule has 0 aliphatic carbocycles. The van der Waals surface area contributed by atoms with Gasteiger partial charge in [-0.15, -0.1) is 0 Å². The molecule has 18 heavy (non-hydrogen) atoms. The van der Waals surface area contributed by atoms with Gasteiger partial charge in [0.05, 0.1) is 12.6 Å². The molecular weight excluding hydrogens is 237 g/mol. The summed E-state index contributed by atoms with van der Waals surface area (Å²) in [5.74, 6) is -0.447. The molecule has 1 rings (SSSR count). The maximum atomic E-state index is 12.9. The molecule has 2 unspecified atom stereocenters. The number of nitrogens with one attached hydrogen (secondary N) is 1. The highest BCUT2D eigenvalue weighted by molar-refractivity contribution is 5.81. The predicted molar refractivity (Wildman–Crippen MR) is 65.8 cm³/mol. The molecule has 2 atom stereocenters. The van der Waals surface area contributed by atoms with E-state index in [0.717, 1.165) is 0 Å². The average molecular weight is 255 g/mol. The van der Waals surface area contributed by atoms with Gasteiger partial charge in [0.1, 0.15) is 11.6 Å². The third-order valence-corrected chi connectivity index (χ3v) is 2.54. The minimum atomic E-state index is -0.743. The SMILES string of the molecule is CCC(CO)NC(=O)C(C)Oc1cccc(F)c1. The van der Waals surface area contributed by atoms with Crippen LogP contribution in [0.25, 0.3) is 0 Å². The normalized spacial score (nSPS) is 13.8. The van der Waals surface area contributed by atoms with E-state index < -0.39 is 11.9 Å². The Labute approximate surface area is 106 Å². The van der Waals surface area contributed by atoms with Crippen LogP contribution in [0.2, 0.25) is 0 Å². The monoisotopic (exact) mass is 255 g/mol. The van der Waals surface area contributed by atoms with Gasteiger partial charge in [-0.25, -0.2) is 4.39 Å². The number of ether oxygens (including phenoxy) is 1. The van der Waals surface area contributed by atoms with Crippen molar-refractivity contribution in [2.75, 3.05) is 6.61 Å². The van der Waals surface area contributed by atoms with Crippen LogP contribution in [0.5, 0.6) is 5.75 Å². The van der Waals surface area contributed by atoms with Crippen molar-refractivity contribution in [2.45, 2.75) is 32.4 Å². The number of hydrogen-bond donors (Lipinski definition) is 2. The first-order valence-electron chi connectivity index (χ1n) is 5.90. The lowest BCUT2D eigenvalue weighted by molar-refractivity contribution is -0.128. The Kier molecular flexibility index (Phi) is 5.58. The van der Waals surface area contributed by atoms with Gasteiger partial charge in [0.15, 0.2) is 6.10 Å².